The van der Waals surface area contributed by atoms with E-state index < -0.39 is 15.8 Å². The highest BCUT2D eigenvalue weighted by Crippen LogP contribution is 2.19. The summed E-state index contributed by atoms with van der Waals surface area (Å²) >= 11 is 5.52. The fourth-order valence-electron chi connectivity index (χ4n) is 1.06. The number of hydrogen-bond acceptors (Lipinski definition) is 2. The van der Waals surface area contributed by atoms with E-state index in [1.807, 2.05) is 6.92 Å². The molecule has 1 aromatic rings. The molecule has 0 heterocycles. The smallest absolute Gasteiger partial charge is 0.208 e. The fourth-order valence-corrected chi connectivity index (χ4v) is 2.66. The first-order valence-corrected chi connectivity index (χ1v) is 6.70. The zero-order chi connectivity index (χ0) is 12.3. The summed E-state index contributed by atoms with van der Waals surface area (Å²) in [6.07, 6.45) is 0.675. The molecule has 0 fully saturated rings. The Morgan fingerprint density at radius 3 is 2.62 bits per heavy atom. The summed E-state index contributed by atoms with van der Waals surface area (Å²) in [5.41, 5.74) is 0. The quantitative estimate of drug-likeness (QED) is 0.909. The third kappa shape index (κ3) is 3.17. The molecule has 0 radical (unpaired) electrons. The maximum atomic E-state index is 12.9. The van der Waals surface area contributed by atoms with Crippen molar-refractivity contribution in [2.75, 3.05) is 0 Å². The molecule has 1 atom stereocenters. The van der Waals surface area contributed by atoms with E-state index in [1.54, 1.807) is 6.92 Å². The zero-order valence-electron chi connectivity index (χ0n) is 9.00. The van der Waals surface area contributed by atoms with Crippen molar-refractivity contribution in [2.45, 2.75) is 31.2 Å². The molecule has 0 saturated carbocycles. The van der Waals surface area contributed by atoms with Gasteiger partial charge in [0.15, 0.2) is 0 Å². The number of halogens is 2. The molecule has 0 spiro atoms. The maximum absolute atomic E-state index is 12.9. The van der Waals surface area contributed by atoms with Gasteiger partial charge in [-0.25, -0.2) is 17.5 Å². The summed E-state index contributed by atoms with van der Waals surface area (Å²) < 4.78 is 38.9. The Labute approximate surface area is 99.7 Å². The summed E-state index contributed by atoms with van der Waals surface area (Å²) in [6, 6.07) is 3.15. The predicted octanol–water partition coefficient (Wildman–Crippen LogP) is 2.56. The van der Waals surface area contributed by atoms with Crippen LogP contribution < -0.4 is 4.72 Å². The van der Waals surface area contributed by atoms with Crippen molar-refractivity contribution in [2.24, 2.45) is 0 Å². The van der Waals surface area contributed by atoms with Gasteiger partial charge >= 0.3 is 0 Å². The van der Waals surface area contributed by atoms with E-state index in [-0.39, 0.29) is 16.0 Å². The van der Waals surface area contributed by atoms with Crippen molar-refractivity contribution in [3.8, 4) is 0 Å². The van der Waals surface area contributed by atoms with Crippen LogP contribution in [0.3, 0.4) is 0 Å². The Kier molecular flexibility index (Phi) is 4.29. The van der Waals surface area contributed by atoms with Gasteiger partial charge in [0.05, 0.1) is 9.92 Å². The summed E-state index contributed by atoms with van der Waals surface area (Å²) in [7, 11) is -3.61. The second-order valence-corrected chi connectivity index (χ2v) is 5.63. The van der Waals surface area contributed by atoms with Crippen LogP contribution in [0, 0.1) is 5.82 Å². The third-order valence-electron chi connectivity index (χ3n) is 2.17. The lowest BCUT2D eigenvalue weighted by Crippen LogP contribution is -2.32. The van der Waals surface area contributed by atoms with Gasteiger partial charge in [0.25, 0.3) is 0 Å². The molecule has 0 aliphatic carbocycles. The molecule has 0 aliphatic rings. The van der Waals surface area contributed by atoms with Crippen LogP contribution in [-0.4, -0.2) is 14.5 Å². The van der Waals surface area contributed by atoms with E-state index in [9.17, 15) is 12.8 Å². The van der Waals surface area contributed by atoms with Gasteiger partial charge in [-0.3, -0.25) is 0 Å². The van der Waals surface area contributed by atoms with Crippen LogP contribution in [0.1, 0.15) is 20.3 Å². The van der Waals surface area contributed by atoms with Crippen molar-refractivity contribution in [1.29, 1.82) is 0 Å². The lowest BCUT2D eigenvalue weighted by molar-refractivity contribution is 0.555. The van der Waals surface area contributed by atoms with Crippen LogP contribution in [0.25, 0.3) is 0 Å². The Balaban J connectivity index is 3.03. The first kappa shape index (κ1) is 13.4. The van der Waals surface area contributed by atoms with Crippen LogP contribution in [0.2, 0.25) is 5.02 Å². The highest BCUT2D eigenvalue weighted by atomic mass is 35.5. The van der Waals surface area contributed by atoms with Gasteiger partial charge in [-0.15, -0.1) is 0 Å². The van der Waals surface area contributed by atoms with Crippen LogP contribution in [-0.2, 0) is 10.0 Å². The first-order valence-electron chi connectivity index (χ1n) is 4.84. The highest BCUT2D eigenvalue weighted by molar-refractivity contribution is 7.89. The zero-order valence-corrected chi connectivity index (χ0v) is 10.6. The molecule has 0 saturated heterocycles. The summed E-state index contributed by atoms with van der Waals surface area (Å²) in [4.78, 5) is -0.0285. The number of nitrogens with one attached hydrogen (secondary N) is 1. The predicted molar refractivity (Wildman–Crippen MR) is 61.5 cm³/mol. The minimum Gasteiger partial charge on any atom is -0.208 e. The summed E-state index contributed by atoms with van der Waals surface area (Å²) in [5.74, 6) is -0.635. The molecule has 0 aromatic heterocycles. The summed E-state index contributed by atoms with van der Waals surface area (Å²) in [6.45, 7) is 3.62. The molecule has 0 amide bonds. The molecule has 1 rings (SSSR count). The van der Waals surface area contributed by atoms with Gasteiger partial charge in [0.2, 0.25) is 10.0 Å². The number of benzene rings is 1. The normalized spacial score (nSPS) is 13.8. The van der Waals surface area contributed by atoms with E-state index in [0.717, 1.165) is 12.1 Å². The van der Waals surface area contributed by atoms with Gasteiger partial charge in [-0.1, -0.05) is 18.5 Å². The molecular formula is C10H13ClFNO2S. The molecule has 1 aromatic carbocycles. The largest absolute Gasteiger partial charge is 0.240 e. The van der Waals surface area contributed by atoms with E-state index >= 15 is 0 Å². The van der Waals surface area contributed by atoms with Crippen LogP contribution in [0.15, 0.2) is 23.1 Å². The van der Waals surface area contributed by atoms with Gasteiger partial charge in [-0.05, 0) is 31.5 Å². The molecule has 0 bridgehead atoms. The van der Waals surface area contributed by atoms with Crippen molar-refractivity contribution < 1.29 is 12.8 Å². The Bertz CT molecular complexity index is 476. The minimum absolute atomic E-state index is 0.0285. The average Bonchev–Trinajstić information content (AvgIpc) is 2.21. The molecular weight excluding hydrogens is 253 g/mol. The molecule has 16 heavy (non-hydrogen) atoms. The number of hydrogen-bond donors (Lipinski definition) is 1. The van der Waals surface area contributed by atoms with Crippen molar-refractivity contribution in [1.82, 2.24) is 4.72 Å². The standard InChI is InChI=1S/C10H13ClFNO2S/c1-3-7(2)13-16(14,15)8-4-5-10(12)9(11)6-8/h4-7,13H,3H2,1-2H3/t7-/m0/s1. The van der Waals surface area contributed by atoms with Gasteiger partial charge < -0.3 is 0 Å². The molecule has 0 unspecified atom stereocenters. The van der Waals surface area contributed by atoms with E-state index in [4.69, 9.17) is 11.6 Å². The molecule has 3 nitrogen and oxygen atoms in total. The third-order valence-corrected chi connectivity index (χ3v) is 4.05. The van der Waals surface area contributed by atoms with Gasteiger partial charge in [0, 0.05) is 6.04 Å². The van der Waals surface area contributed by atoms with Crippen LogP contribution in [0.5, 0.6) is 0 Å². The Morgan fingerprint density at radius 1 is 1.50 bits per heavy atom. The van der Waals surface area contributed by atoms with Gasteiger partial charge in [0.1, 0.15) is 5.82 Å². The molecule has 0 aliphatic heterocycles. The highest BCUT2D eigenvalue weighted by Gasteiger charge is 2.17. The topological polar surface area (TPSA) is 46.2 Å². The van der Waals surface area contributed by atoms with E-state index in [1.165, 1.54) is 6.07 Å². The monoisotopic (exact) mass is 265 g/mol. The molecule has 90 valence electrons. The van der Waals surface area contributed by atoms with Crippen LogP contribution >= 0.6 is 11.6 Å². The van der Waals surface area contributed by atoms with Gasteiger partial charge in [-0.2, -0.15) is 0 Å². The first-order chi connectivity index (χ1) is 7.36. The Morgan fingerprint density at radius 2 is 2.12 bits per heavy atom. The number of sulfonamides is 1. The average molecular weight is 266 g/mol. The lowest BCUT2D eigenvalue weighted by Gasteiger charge is -2.12. The SMILES string of the molecule is CC[C@H](C)NS(=O)(=O)c1ccc(F)c(Cl)c1. The number of rotatable bonds is 4. The molecule has 6 heteroatoms. The minimum atomic E-state index is -3.61. The lowest BCUT2D eigenvalue weighted by atomic mass is 10.3. The van der Waals surface area contributed by atoms with E-state index in [2.05, 4.69) is 4.72 Å². The molecule has 1 N–H and O–H groups in total. The van der Waals surface area contributed by atoms with Crippen LogP contribution in [0.4, 0.5) is 4.39 Å². The second kappa shape index (κ2) is 5.12. The van der Waals surface area contributed by atoms with Crippen molar-refractivity contribution in [3.05, 3.63) is 29.0 Å². The summed E-state index contributed by atoms with van der Waals surface area (Å²) in [5, 5.41) is -0.202. The fraction of sp³-hybridized carbons (Fsp3) is 0.400. The van der Waals surface area contributed by atoms with Crippen molar-refractivity contribution >= 4 is 21.6 Å². The van der Waals surface area contributed by atoms with E-state index in [0.29, 0.717) is 6.42 Å². The second-order valence-electron chi connectivity index (χ2n) is 3.51. The maximum Gasteiger partial charge on any atom is 0.240 e. The van der Waals surface area contributed by atoms with Crippen molar-refractivity contribution in [3.63, 3.8) is 0 Å². The Hall–Kier alpha value is -0.650.